The van der Waals surface area contributed by atoms with E-state index in [-0.39, 0.29) is 17.2 Å². The number of amides is 1. The van der Waals surface area contributed by atoms with E-state index in [1.807, 2.05) is 80.6 Å². The van der Waals surface area contributed by atoms with Crippen LogP contribution in [0, 0.1) is 5.92 Å². The molecule has 0 spiro atoms. The molecule has 1 atom stereocenters. The minimum absolute atomic E-state index is 0.0207. The van der Waals surface area contributed by atoms with Gasteiger partial charge in [-0.1, -0.05) is 96.6 Å². The number of allylic oxidation sites excluding steroid dienone is 1. The van der Waals surface area contributed by atoms with Crippen LogP contribution in [-0.2, 0) is 10.2 Å². The number of nitrogens with one attached hydrogen (secondary N) is 2. The highest BCUT2D eigenvalue weighted by Crippen LogP contribution is 2.58. The predicted octanol–water partition coefficient (Wildman–Crippen LogP) is 5.06. The van der Waals surface area contributed by atoms with Gasteiger partial charge in [-0.05, 0) is 37.0 Å². The number of hydrogen-bond donors (Lipinski definition) is 2. The summed E-state index contributed by atoms with van der Waals surface area (Å²) in [5.74, 6) is -0.0821. The van der Waals surface area contributed by atoms with Crippen molar-refractivity contribution in [3.8, 4) is 0 Å². The highest BCUT2D eigenvalue weighted by molar-refractivity contribution is 5.86. The first kappa shape index (κ1) is 19.0. The third-order valence-corrected chi connectivity index (χ3v) is 5.73. The van der Waals surface area contributed by atoms with Gasteiger partial charge in [0.25, 0.3) is 0 Å². The van der Waals surface area contributed by atoms with Crippen molar-refractivity contribution < 1.29 is 4.79 Å². The molecular formula is C26H26N2O. The lowest BCUT2D eigenvalue weighted by molar-refractivity contribution is -0.123. The third-order valence-electron chi connectivity index (χ3n) is 5.73. The Labute approximate surface area is 172 Å². The minimum atomic E-state index is -0.258. The first-order chi connectivity index (χ1) is 14.1. The Hall–Kier alpha value is -3.33. The largest absolute Gasteiger partial charge is 0.298 e. The van der Waals surface area contributed by atoms with Crippen molar-refractivity contribution in [2.75, 3.05) is 0 Å². The quantitative estimate of drug-likeness (QED) is 0.585. The van der Waals surface area contributed by atoms with Gasteiger partial charge < -0.3 is 0 Å². The number of carbonyl (C=O) groups is 1. The monoisotopic (exact) mass is 382 g/mol. The van der Waals surface area contributed by atoms with Gasteiger partial charge in [0.2, 0.25) is 5.91 Å². The molecule has 0 unspecified atom stereocenters. The van der Waals surface area contributed by atoms with Gasteiger partial charge in [-0.3, -0.25) is 15.6 Å². The molecule has 146 valence electrons. The Morgan fingerprint density at radius 2 is 1.24 bits per heavy atom. The van der Waals surface area contributed by atoms with Crippen molar-refractivity contribution in [3.05, 3.63) is 113 Å². The molecule has 1 fully saturated rings. The standard InChI is InChI=1S/C26H26N2O/c1-19(2)24(20-12-6-3-7-13-20)27-28-25(29)23-18-26(23,21-14-8-4-9-15-21)22-16-10-5-11-17-22/h3-17,23,27H,18H2,1-2H3,(H,28,29)/t23-/m1/s1. The summed E-state index contributed by atoms with van der Waals surface area (Å²) in [5.41, 5.74) is 11.4. The maximum Gasteiger partial charge on any atom is 0.242 e. The van der Waals surface area contributed by atoms with Gasteiger partial charge in [-0.2, -0.15) is 0 Å². The van der Waals surface area contributed by atoms with Crippen LogP contribution in [0.2, 0.25) is 0 Å². The normalized spacial score (nSPS) is 16.6. The fourth-order valence-electron chi connectivity index (χ4n) is 4.16. The van der Waals surface area contributed by atoms with Crippen LogP contribution in [0.4, 0.5) is 0 Å². The van der Waals surface area contributed by atoms with E-state index in [1.54, 1.807) is 0 Å². The van der Waals surface area contributed by atoms with E-state index >= 15 is 0 Å². The van der Waals surface area contributed by atoms with Crippen LogP contribution >= 0.6 is 0 Å². The summed E-state index contributed by atoms with van der Waals surface area (Å²) >= 11 is 0. The van der Waals surface area contributed by atoms with Crippen LogP contribution in [0.5, 0.6) is 0 Å². The molecule has 0 saturated heterocycles. The average Bonchev–Trinajstić information content (AvgIpc) is 3.53. The molecule has 29 heavy (non-hydrogen) atoms. The maximum atomic E-state index is 13.1. The molecule has 4 rings (SSSR count). The van der Waals surface area contributed by atoms with E-state index < -0.39 is 0 Å². The zero-order chi connectivity index (χ0) is 20.3. The molecule has 0 aromatic heterocycles. The predicted molar refractivity (Wildman–Crippen MR) is 118 cm³/mol. The molecule has 3 heteroatoms. The second kappa shape index (κ2) is 7.96. The summed E-state index contributed by atoms with van der Waals surface area (Å²) in [6.07, 6.45) is 0.810. The molecule has 0 aliphatic heterocycles. The van der Waals surface area contributed by atoms with E-state index in [9.17, 15) is 4.79 Å². The van der Waals surface area contributed by atoms with Gasteiger partial charge in [0.1, 0.15) is 0 Å². The molecule has 0 bridgehead atoms. The highest BCUT2D eigenvalue weighted by Gasteiger charge is 2.60. The van der Waals surface area contributed by atoms with Gasteiger partial charge in [-0.25, -0.2) is 0 Å². The fourth-order valence-corrected chi connectivity index (χ4v) is 4.16. The Balaban J connectivity index is 1.56. The maximum absolute atomic E-state index is 13.1. The second-order valence-electron chi connectivity index (χ2n) is 7.82. The molecule has 1 aliphatic carbocycles. The average molecular weight is 383 g/mol. The zero-order valence-corrected chi connectivity index (χ0v) is 16.9. The van der Waals surface area contributed by atoms with Crippen molar-refractivity contribution in [3.63, 3.8) is 0 Å². The van der Waals surface area contributed by atoms with E-state index in [2.05, 4.69) is 35.1 Å². The number of hydrazine groups is 1. The van der Waals surface area contributed by atoms with Crippen molar-refractivity contribution in [1.82, 2.24) is 10.9 Å². The van der Waals surface area contributed by atoms with Crippen LogP contribution in [0.25, 0.3) is 5.70 Å². The molecule has 1 aliphatic rings. The lowest BCUT2D eigenvalue weighted by Gasteiger charge is -2.20. The van der Waals surface area contributed by atoms with Crippen LogP contribution in [0.3, 0.4) is 0 Å². The molecule has 2 N–H and O–H groups in total. The number of carbonyl (C=O) groups excluding carboxylic acids is 1. The van der Waals surface area contributed by atoms with Crippen LogP contribution in [0.15, 0.2) is 96.6 Å². The number of hydrogen-bond acceptors (Lipinski definition) is 2. The highest BCUT2D eigenvalue weighted by atomic mass is 16.2. The summed E-state index contributed by atoms with van der Waals surface area (Å²) in [4.78, 5) is 13.1. The molecule has 0 heterocycles. The van der Waals surface area contributed by atoms with Crippen LogP contribution in [-0.4, -0.2) is 5.91 Å². The van der Waals surface area contributed by atoms with Gasteiger partial charge >= 0.3 is 0 Å². The van der Waals surface area contributed by atoms with E-state index in [1.165, 1.54) is 11.1 Å². The number of rotatable bonds is 6. The van der Waals surface area contributed by atoms with E-state index in [0.29, 0.717) is 0 Å². The molecule has 3 nitrogen and oxygen atoms in total. The van der Waals surface area contributed by atoms with E-state index in [4.69, 9.17) is 0 Å². The fraction of sp³-hybridized carbons (Fsp3) is 0.192. The summed E-state index contributed by atoms with van der Waals surface area (Å²) in [7, 11) is 0. The van der Waals surface area contributed by atoms with Gasteiger partial charge in [0, 0.05) is 5.41 Å². The van der Waals surface area contributed by atoms with Crippen molar-refractivity contribution in [2.24, 2.45) is 5.92 Å². The summed E-state index contributed by atoms with van der Waals surface area (Å²) in [6, 6.07) is 30.8. The zero-order valence-electron chi connectivity index (χ0n) is 16.9. The van der Waals surface area contributed by atoms with Gasteiger partial charge in [0.15, 0.2) is 0 Å². The molecule has 1 saturated carbocycles. The summed E-state index contributed by atoms with van der Waals surface area (Å²) < 4.78 is 0. The lowest BCUT2D eigenvalue weighted by Crippen LogP contribution is -2.39. The topological polar surface area (TPSA) is 41.1 Å². The molecule has 0 radical (unpaired) electrons. The van der Waals surface area contributed by atoms with Crippen molar-refractivity contribution >= 4 is 11.6 Å². The SMILES string of the molecule is CC(C)=C(NNC(=O)[C@H]1CC1(c1ccccc1)c1ccccc1)c1ccccc1. The second-order valence-corrected chi connectivity index (χ2v) is 7.82. The summed E-state index contributed by atoms with van der Waals surface area (Å²) in [6.45, 7) is 4.08. The lowest BCUT2D eigenvalue weighted by atomic mass is 9.85. The molecular weight excluding hydrogens is 356 g/mol. The number of benzene rings is 3. The first-order valence-electron chi connectivity index (χ1n) is 10.0. The van der Waals surface area contributed by atoms with Gasteiger partial charge in [0.05, 0.1) is 11.6 Å². The minimum Gasteiger partial charge on any atom is -0.298 e. The van der Waals surface area contributed by atoms with Crippen molar-refractivity contribution in [1.29, 1.82) is 0 Å². The first-order valence-corrected chi connectivity index (χ1v) is 10.0. The van der Waals surface area contributed by atoms with E-state index in [0.717, 1.165) is 23.3 Å². The molecule has 3 aromatic rings. The van der Waals surface area contributed by atoms with Crippen LogP contribution in [0.1, 0.15) is 37.0 Å². The van der Waals surface area contributed by atoms with Crippen molar-refractivity contribution in [2.45, 2.75) is 25.7 Å². The van der Waals surface area contributed by atoms with Crippen LogP contribution < -0.4 is 10.9 Å². The Kier molecular flexibility index (Phi) is 5.22. The third kappa shape index (κ3) is 3.68. The van der Waals surface area contributed by atoms with Gasteiger partial charge in [-0.15, -0.1) is 0 Å². The Bertz CT molecular complexity index is 967. The Morgan fingerprint density at radius 1 is 0.759 bits per heavy atom. The summed E-state index contributed by atoms with van der Waals surface area (Å²) in [5, 5.41) is 0. The molecule has 1 amide bonds. The molecule has 3 aromatic carbocycles. The smallest absolute Gasteiger partial charge is 0.242 e. The Morgan fingerprint density at radius 3 is 1.72 bits per heavy atom.